The second-order valence-corrected chi connectivity index (χ2v) is 4.95. The highest BCUT2D eigenvalue weighted by Gasteiger charge is 2.00. The Bertz CT molecular complexity index is 551. The lowest BCUT2D eigenvalue weighted by Gasteiger charge is -2.08. The zero-order valence-electron chi connectivity index (χ0n) is 11.3. The molecule has 1 aromatic heterocycles. The van der Waals surface area contributed by atoms with Crippen LogP contribution in [0.25, 0.3) is 17.0 Å². The molecule has 2 rings (SSSR count). The van der Waals surface area contributed by atoms with Gasteiger partial charge in [-0.25, -0.2) is 0 Å². The Morgan fingerprint density at radius 1 is 1.28 bits per heavy atom. The van der Waals surface area contributed by atoms with E-state index in [1.54, 1.807) is 0 Å². The van der Waals surface area contributed by atoms with Gasteiger partial charge in [0.2, 0.25) is 0 Å². The molecule has 0 saturated carbocycles. The standard InChI is InChI=1S/C16H20N2/c1-12(2)18-11-13(3)10-15-7-4-6-14-8-5-9-17-16(14)15/h4-10,12,18H,11H2,1-3H3. The molecule has 0 saturated heterocycles. The molecule has 0 aliphatic heterocycles. The molecular formula is C16H20N2. The molecule has 18 heavy (non-hydrogen) atoms. The Morgan fingerprint density at radius 3 is 2.83 bits per heavy atom. The second kappa shape index (κ2) is 5.78. The minimum Gasteiger partial charge on any atom is -0.311 e. The summed E-state index contributed by atoms with van der Waals surface area (Å²) in [5, 5.41) is 4.62. The first kappa shape index (κ1) is 12.8. The van der Waals surface area contributed by atoms with Gasteiger partial charge in [-0.3, -0.25) is 4.98 Å². The van der Waals surface area contributed by atoms with E-state index >= 15 is 0 Å². The minimum absolute atomic E-state index is 0.513. The molecule has 0 aliphatic rings. The molecule has 1 heterocycles. The summed E-state index contributed by atoms with van der Waals surface area (Å²) in [5.74, 6) is 0. The zero-order valence-corrected chi connectivity index (χ0v) is 11.3. The van der Waals surface area contributed by atoms with Gasteiger partial charge in [-0.15, -0.1) is 0 Å². The van der Waals surface area contributed by atoms with Gasteiger partial charge in [-0.2, -0.15) is 0 Å². The summed E-state index contributed by atoms with van der Waals surface area (Å²) < 4.78 is 0. The van der Waals surface area contributed by atoms with Gasteiger partial charge in [-0.1, -0.05) is 49.8 Å². The summed E-state index contributed by atoms with van der Waals surface area (Å²) in [6.45, 7) is 7.39. The highest BCUT2D eigenvalue weighted by molar-refractivity contribution is 5.87. The minimum atomic E-state index is 0.513. The van der Waals surface area contributed by atoms with Crippen molar-refractivity contribution >= 4 is 17.0 Å². The molecule has 0 fully saturated rings. The normalized spacial score (nSPS) is 12.3. The number of fused-ring (bicyclic) bond motifs is 1. The van der Waals surface area contributed by atoms with Gasteiger partial charge < -0.3 is 5.32 Å². The quantitative estimate of drug-likeness (QED) is 0.882. The molecule has 0 radical (unpaired) electrons. The van der Waals surface area contributed by atoms with Crippen molar-refractivity contribution in [2.24, 2.45) is 0 Å². The van der Waals surface area contributed by atoms with Crippen LogP contribution in [-0.4, -0.2) is 17.6 Å². The third kappa shape index (κ3) is 3.17. The maximum atomic E-state index is 4.46. The predicted molar refractivity (Wildman–Crippen MR) is 78.5 cm³/mol. The Balaban J connectivity index is 2.28. The summed E-state index contributed by atoms with van der Waals surface area (Å²) in [6, 6.07) is 10.9. The number of aromatic nitrogens is 1. The Labute approximate surface area is 109 Å². The number of hydrogen-bond acceptors (Lipinski definition) is 2. The van der Waals surface area contributed by atoms with Crippen molar-refractivity contribution in [2.45, 2.75) is 26.8 Å². The van der Waals surface area contributed by atoms with Crippen LogP contribution in [0.15, 0.2) is 42.1 Å². The molecule has 94 valence electrons. The van der Waals surface area contributed by atoms with Gasteiger partial charge in [0, 0.05) is 29.7 Å². The summed E-state index contributed by atoms with van der Waals surface area (Å²) in [6.07, 6.45) is 4.06. The number of para-hydroxylation sites is 1. The maximum Gasteiger partial charge on any atom is 0.0774 e. The van der Waals surface area contributed by atoms with E-state index in [4.69, 9.17) is 0 Å². The van der Waals surface area contributed by atoms with Gasteiger partial charge in [0.05, 0.1) is 5.52 Å². The number of nitrogens with one attached hydrogen (secondary N) is 1. The maximum absolute atomic E-state index is 4.46. The van der Waals surface area contributed by atoms with Crippen LogP contribution in [-0.2, 0) is 0 Å². The lowest BCUT2D eigenvalue weighted by Crippen LogP contribution is -2.24. The molecule has 2 nitrogen and oxygen atoms in total. The van der Waals surface area contributed by atoms with Crippen LogP contribution < -0.4 is 5.32 Å². The molecule has 0 unspecified atom stereocenters. The fourth-order valence-corrected chi connectivity index (χ4v) is 1.93. The third-order valence-corrected chi connectivity index (χ3v) is 2.85. The Kier molecular flexibility index (Phi) is 4.11. The van der Waals surface area contributed by atoms with Crippen LogP contribution in [0, 0.1) is 0 Å². The van der Waals surface area contributed by atoms with Crippen molar-refractivity contribution < 1.29 is 0 Å². The van der Waals surface area contributed by atoms with Crippen molar-refractivity contribution in [2.75, 3.05) is 6.54 Å². The molecule has 0 atom stereocenters. The van der Waals surface area contributed by atoms with Crippen LogP contribution in [0.2, 0.25) is 0 Å². The molecular weight excluding hydrogens is 220 g/mol. The number of benzene rings is 1. The second-order valence-electron chi connectivity index (χ2n) is 4.95. The van der Waals surface area contributed by atoms with Crippen LogP contribution in [0.4, 0.5) is 0 Å². The van der Waals surface area contributed by atoms with Gasteiger partial charge >= 0.3 is 0 Å². The SMILES string of the molecule is CC(=Cc1cccc2cccnc12)CNC(C)C. The summed E-state index contributed by atoms with van der Waals surface area (Å²) in [7, 11) is 0. The van der Waals surface area contributed by atoms with Crippen LogP contribution in [0.1, 0.15) is 26.3 Å². The molecule has 0 bridgehead atoms. The molecule has 1 aromatic carbocycles. The van der Waals surface area contributed by atoms with Crippen molar-refractivity contribution in [3.63, 3.8) is 0 Å². The lowest BCUT2D eigenvalue weighted by atomic mass is 10.1. The number of nitrogens with zero attached hydrogens (tertiary/aromatic N) is 1. The first-order valence-corrected chi connectivity index (χ1v) is 6.41. The average Bonchev–Trinajstić information content (AvgIpc) is 2.37. The van der Waals surface area contributed by atoms with Gasteiger partial charge in [0.1, 0.15) is 0 Å². The topological polar surface area (TPSA) is 24.9 Å². The van der Waals surface area contributed by atoms with Crippen molar-refractivity contribution in [3.05, 3.63) is 47.7 Å². The van der Waals surface area contributed by atoms with E-state index in [0.29, 0.717) is 6.04 Å². The number of hydrogen-bond donors (Lipinski definition) is 1. The molecule has 2 heteroatoms. The van der Waals surface area contributed by atoms with Crippen LogP contribution in [0.3, 0.4) is 0 Å². The van der Waals surface area contributed by atoms with E-state index in [2.05, 4.69) is 61.4 Å². The van der Waals surface area contributed by atoms with Gasteiger partial charge in [-0.05, 0) is 13.0 Å². The summed E-state index contributed by atoms with van der Waals surface area (Å²) in [4.78, 5) is 4.46. The highest BCUT2D eigenvalue weighted by atomic mass is 14.9. The third-order valence-electron chi connectivity index (χ3n) is 2.85. The van der Waals surface area contributed by atoms with E-state index in [1.165, 1.54) is 16.5 Å². The van der Waals surface area contributed by atoms with Crippen LogP contribution >= 0.6 is 0 Å². The average molecular weight is 240 g/mol. The van der Waals surface area contributed by atoms with E-state index in [0.717, 1.165) is 12.1 Å². The molecule has 0 amide bonds. The smallest absolute Gasteiger partial charge is 0.0774 e. The van der Waals surface area contributed by atoms with Crippen molar-refractivity contribution in [1.82, 2.24) is 10.3 Å². The van der Waals surface area contributed by atoms with E-state index in [1.807, 2.05) is 12.3 Å². The molecule has 2 aromatic rings. The van der Waals surface area contributed by atoms with Crippen molar-refractivity contribution in [3.8, 4) is 0 Å². The largest absolute Gasteiger partial charge is 0.311 e. The molecule has 0 aliphatic carbocycles. The first-order chi connectivity index (χ1) is 8.66. The Hall–Kier alpha value is -1.67. The first-order valence-electron chi connectivity index (χ1n) is 6.41. The van der Waals surface area contributed by atoms with Gasteiger partial charge in [0.15, 0.2) is 0 Å². The number of rotatable bonds is 4. The predicted octanol–water partition coefficient (Wildman–Crippen LogP) is 3.64. The number of pyridine rings is 1. The monoisotopic (exact) mass is 240 g/mol. The highest BCUT2D eigenvalue weighted by Crippen LogP contribution is 2.18. The molecule has 0 spiro atoms. The van der Waals surface area contributed by atoms with E-state index < -0.39 is 0 Å². The van der Waals surface area contributed by atoms with Crippen molar-refractivity contribution in [1.29, 1.82) is 0 Å². The van der Waals surface area contributed by atoms with Gasteiger partial charge in [0.25, 0.3) is 0 Å². The Morgan fingerprint density at radius 2 is 2.06 bits per heavy atom. The van der Waals surface area contributed by atoms with E-state index in [-0.39, 0.29) is 0 Å². The molecule has 1 N–H and O–H groups in total. The lowest BCUT2D eigenvalue weighted by molar-refractivity contribution is 0.623. The van der Waals surface area contributed by atoms with E-state index in [9.17, 15) is 0 Å². The van der Waals surface area contributed by atoms with Crippen LogP contribution in [0.5, 0.6) is 0 Å². The summed E-state index contributed by atoms with van der Waals surface area (Å²) >= 11 is 0. The fourth-order valence-electron chi connectivity index (χ4n) is 1.93. The fraction of sp³-hybridized carbons (Fsp3) is 0.312. The zero-order chi connectivity index (χ0) is 13.0. The summed E-state index contributed by atoms with van der Waals surface area (Å²) in [5.41, 5.74) is 3.59.